The summed E-state index contributed by atoms with van der Waals surface area (Å²) in [6.45, 7) is 1.51. The van der Waals surface area contributed by atoms with Crippen LogP contribution in [0.15, 0.2) is 35.5 Å². The van der Waals surface area contributed by atoms with Crippen molar-refractivity contribution in [3.63, 3.8) is 0 Å². The molecular formula is C18H23NO4. The first-order valence-electron chi connectivity index (χ1n) is 8.36. The lowest BCUT2D eigenvalue weighted by Gasteiger charge is -2.30. The van der Waals surface area contributed by atoms with Gasteiger partial charge in [0.25, 0.3) is 0 Å². The first kappa shape index (κ1) is 15.1. The van der Waals surface area contributed by atoms with Gasteiger partial charge in [-0.2, -0.15) is 0 Å². The number of ether oxygens (including phenoxy) is 3. The van der Waals surface area contributed by atoms with Crippen molar-refractivity contribution in [1.82, 2.24) is 0 Å². The van der Waals surface area contributed by atoms with Crippen molar-refractivity contribution in [2.45, 2.75) is 25.0 Å². The fourth-order valence-electron chi connectivity index (χ4n) is 4.32. The molecule has 1 aromatic rings. The number of hydrogen-bond acceptors (Lipinski definition) is 5. The van der Waals surface area contributed by atoms with Crippen molar-refractivity contribution in [2.24, 2.45) is 22.9 Å². The van der Waals surface area contributed by atoms with E-state index in [0.29, 0.717) is 37.8 Å². The SMILES string of the molecule is COCCOCO[C@@H]1C[C@@H]2C[C@H]1[C@H]1C(c3ccccc3)=NO[C@@H]21. The molecule has 5 atom stereocenters. The number of methoxy groups -OCH3 is 1. The molecule has 124 valence electrons. The summed E-state index contributed by atoms with van der Waals surface area (Å²) < 4.78 is 16.4. The standard InChI is InChI=1S/C18H23NO4/c1-20-7-8-21-11-22-15-10-13-9-14(15)16-17(19-23-18(13)16)12-5-3-2-4-6-12/h2-6,13-16,18H,7-11H2,1H3/t13-,14+,15+,16-,18-/m0/s1. The molecule has 4 rings (SSSR count). The highest BCUT2D eigenvalue weighted by Gasteiger charge is 2.59. The third-order valence-electron chi connectivity index (χ3n) is 5.32. The second-order valence-electron chi connectivity index (χ2n) is 6.56. The van der Waals surface area contributed by atoms with E-state index in [1.807, 2.05) is 6.07 Å². The van der Waals surface area contributed by atoms with E-state index in [1.54, 1.807) is 7.11 Å². The molecule has 1 heterocycles. The van der Waals surface area contributed by atoms with Gasteiger partial charge in [-0.1, -0.05) is 35.5 Å². The van der Waals surface area contributed by atoms with Gasteiger partial charge < -0.3 is 19.0 Å². The van der Waals surface area contributed by atoms with Crippen LogP contribution in [-0.4, -0.2) is 45.0 Å². The molecule has 2 fully saturated rings. The molecule has 0 unspecified atom stereocenters. The Labute approximate surface area is 136 Å². The molecule has 5 heteroatoms. The van der Waals surface area contributed by atoms with Crippen LogP contribution in [0.5, 0.6) is 0 Å². The summed E-state index contributed by atoms with van der Waals surface area (Å²) in [7, 11) is 1.67. The van der Waals surface area contributed by atoms with Gasteiger partial charge in [0.1, 0.15) is 12.9 Å². The van der Waals surface area contributed by atoms with E-state index >= 15 is 0 Å². The predicted molar refractivity (Wildman–Crippen MR) is 85.1 cm³/mol. The van der Waals surface area contributed by atoms with Crippen LogP contribution in [0.4, 0.5) is 0 Å². The first-order chi connectivity index (χ1) is 11.4. The van der Waals surface area contributed by atoms with Crippen LogP contribution in [0, 0.1) is 17.8 Å². The summed E-state index contributed by atoms with van der Waals surface area (Å²) in [5, 5.41) is 4.40. The van der Waals surface area contributed by atoms with Crippen molar-refractivity contribution in [1.29, 1.82) is 0 Å². The van der Waals surface area contributed by atoms with Crippen LogP contribution < -0.4 is 0 Å². The highest BCUT2D eigenvalue weighted by molar-refractivity contribution is 6.03. The summed E-state index contributed by atoms with van der Waals surface area (Å²) in [6, 6.07) is 10.4. The fourth-order valence-corrected chi connectivity index (χ4v) is 4.32. The number of oxime groups is 1. The highest BCUT2D eigenvalue weighted by Crippen LogP contribution is 2.54. The van der Waals surface area contributed by atoms with E-state index in [2.05, 4.69) is 29.4 Å². The quantitative estimate of drug-likeness (QED) is 0.572. The van der Waals surface area contributed by atoms with Crippen LogP contribution >= 0.6 is 0 Å². The second kappa shape index (κ2) is 6.59. The maximum absolute atomic E-state index is 5.99. The first-order valence-corrected chi connectivity index (χ1v) is 8.36. The molecule has 23 heavy (non-hydrogen) atoms. The Hall–Kier alpha value is -1.43. The average Bonchev–Trinajstić information content (AvgIpc) is 3.27. The Balaban J connectivity index is 1.40. The Bertz CT molecular complexity index is 561. The van der Waals surface area contributed by atoms with Crippen molar-refractivity contribution < 1.29 is 19.0 Å². The molecule has 0 radical (unpaired) electrons. The Morgan fingerprint density at radius 1 is 1.17 bits per heavy atom. The normalized spacial score (nSPS) is 34.3. The number of fused-ring (bicyclic) bond motifs is 5. The molecule has 0 amide bonds. The number of hydrogen-bond donors (Lipinski definition) is 0. The van der Waals surface area contributed by atoms with Gasteiger partial charge in [0.05, 0.1) is 30.9 Å². The maximum atomic E-state index is 5.99. The largest absolute Gasteiger partial charge is 0.391 e. The number of nitrogens with zero attached hydrogens (tertiary/aromatic N) is 1. The summed E-state index contributed by atoms with van der Waals surface area (Å²) in [5.41, 5.74) is 2.26. The predicted octanol–water partition coefficient (Wildman–Crippen LogP) is 2.45. The Morgan fingerprint density at radius 3 is 2.87 bits per heavy atom. The van der Waals surface area contributed by atoms with E-state index in [0.717, 1.165) is 12.1 Å². The molecule has 1 aliphatic heterocycles. The van der Waals surface area contributed by atoms with Crippen LogP contribution in [0.2, 0.25) is 0 Å². The number of rotatable bonds is 7. The molecule has 0 spiro atoms. The van der Waals surface area contributed by atoms with Crippen LogP contribution in [0.25, 0.3) is 0 Å². The average molecular weight is 317 g/mol. The van der Waals surface area contributed by atoms with E-state index in [-0.39, 0.29) is 12.2 Å². The summed E-state index contributed by atoms with van der Waals surface area (Å²) >= 11 is 0. The van der Waals surface area contributed by atoms with Crippen molar-refractivity contribution in [2.75, 3.05) is 27.1 Å². The van der Waals surface area contributed by atoms with Crippen molar-refractivity contribution >= 4 is 5.71 Å². The molecule has 2 aliphatic carbocycles. The zero-order valence-corrected chi connectivity index (χ0v) is 13.4. The second-order valence-corrected chi connectivity index (χ2v) is 6.56. The lowest BCUT2D eigenvalue weighted by Crippen LogP contribution is -2.38. The molecule has 1 aromatic carbocycles. The van der Waals surface area contributed by atoms with E-state index in [1.165, 1.54) is 12.0 Å². The summed E-state index contributed by atoms with van der Waals surface area (Å²) in [4.78, 5) is 5.77. The third kappa shape index (κ3) is 2.77. The van der Waals surface area contributed by atoms with E-state index < -0.39 is 0 Å². The minimum Gasteiger partial charge on any atom is -0.391 e. The zero-order chi connectivity index (χ0) is 15.6. The van der Waals surface area contributed by atoms with Gasteiger partial charge in [-0.25, -0.2) is 0 Å². The molecule has 3 aliphatic rings. The van der Waals surface area contributed by atoms with E-state index in [4.69, 9.17) is 19.0 Å². The van der Waals surface area contributed by atoms with Crippen LogP contribution in [0.3, 0.4) is 0 Å². The van der Waals surface area contributed by atoms with Gasteiger partial charge >= 0.3 is 0 Å². The van der Waals surface area contributed by atoms with E-state index in [9.17, 15) is 0 Å². The van der Waals surface area contributed by atoms with Gasteiger partial charge in [-0.15, -0.1) is 0 Å². The topological polar surface area (TPSA) is 49.3 Å². The van der Waals surface area contributed by atoms with Gasteiger partial charge in [-0.3, -0.25) is 0 Å². The Kier molecular flexibility index (Phi) is 4.33. The van der Waals surface area contributed by atoms with Gasteiger partial charge in [0.15, 0.2) is 0 Å². The molecule has 2 saturated carbocycles. The van der Waals surface area contributed by atoms with Crippen molar-refractivity contribution in [3.05, 3.63) is 35.9 Å². The molecular weight excluding hydrogens is 294 g/mol. The maximum Gasteiger partial charge on any atom is 0.147 e. The monoisotopic (exact) mass is 317 g/mol. The lowest BCUT2D eigenvalue weighted by molar-refractivity contribution is -0.122. The minimum atomic E-state index is 0.240. The van der Waals surface area contributed by atoms with Gasteiger partial charge in [0.2, 0.25) is 0 Å². The summed E-state index contributed by atoms with van der Waals surface area (Å²) in [5.74, 6) is 1.40. The number of benzene rings is 1. The zero-order valence-electron chi connectivity index (χ0n) is 13.4. The fraction of sp³-hybridized carbons (Fsp3) is 0.611. The molecule has 0 saturated heterocycles. The molecule has 0 aromatic heterocycles. The minimum absolute atomic E-state index is 0.240. The van der Waals surface area contributed by atoms with Gasteiger partial charge in [0, 0.05) is 13.0 Å². The van der Waals surface area contributed by atoms with Crippen LogP contribution in [0.1, 0.15) is 18.4 Å². The highest BCUT2D eigenvalue weighted by atomic mass is 16.7. The van der Waals surface area contributed by atoms with Crippen molar-refractivity contribution in [3.8, 4) is 0 Å². The summed E-state index contributed by atoms with van der Waals surface area (Å²) in [6.07, 6.45) is 2.71. The molecule has 5 nitrogen and oxygen atoms in total. The molecule has 0 N–H and O–H groups in total. The van der Waals surface area contributed by atoms with Crippen LogP contribution in [-0.2, 0) is 19.0 Å². The lowest BCUT2D eigenvalue weighted by atomic mass is 9.80. The molecule has 2 bridgehead atoms. The smallest absolute Gasteiger partial charge is 0.147 e. The third-order valence-corrected chi connectivity index (χ3v) is 5.32. The Morgan fingerprint density at radius 2 is 2.04 bits per heavy atom. The van der Waals surface area contributed by atoms with Gasteiger partial charge in [-0.05, 0) is 24.3 Å².